The van der Waals surface area contributed by atoms with Crippen LogP contribution in [0.15, 0.2) is 24.3 Å². The number of nitrogens with zero attached hydrogens (tertiary/aromatic N) is 1. The molecule has 2 rings (SSSR count). The van der Waals surface area contributed by atoms with Crippen molar-refractivity contribution in [2.24, 2.45) is 5.92 Å². The molecule has 1 aliphatic rings. The summed E-state index contributed by atoms with van der Waals surface area (Å²) in [6, 6.07) is 5.54. The number of hydrogen-bond acceptors (Lipinski definition) is 3. The van der Waals surface area contributed by atoms with Crippen molar-refractivity contribution < 1.29 is 22.7 Å². The Bertz CT molecular complexity index is 559. The Hall–Kier alpha value is -1.56. The number of rotatable bonds is 5. The van der Waals surface area contributed by atoms with E-state index in [9.17, 15) is 18.0 Å². The van der Waals surface area contributed by atoms with E-state index in [4.69, 9.17) is 4.74 Å². The Balaban J connectivity index is 1.99. The Kier molecular flexibility index (Phi) is 6.27. The quantitative estimate of drug-likeness (QED) is 0.759. The highest BCUT2D eigenvalue weighted by atomic mass is 19.4. The molecule has 0 aliphatic carbocycles. The summed E-state index contributed by atoms with van der Waals surface area (Å²) in [4.78, 5) is 14.1. The molecule has 1 aliphatic heterocycles. The number of ether oxygens (including phenoxy) is 1. The number of carbonyl (C=O) groups excluding carboxylic acids is 1. The van der Waals surface area contributed by atoms with Crippen LogP contribution in [0.1, 0.15) is 37.8 Å². The molecule has 134 valence electrons. The lowest BCUT2D eigenvalue weighted by Gasteiger charge is -2.36. The summed E-state index contributed by atoms with van der Waals surface area (Å²) in [7, 11) is 0. The topological polar surface area (TPSA) is 29.5 Å². The van der Waals surface area contributed by atoms with Crippen LogP contribution < -0.4 is 0 Å². The smallest absolute Gasteiger partial charge is 0.416 e. The molecule has 1 aromatic rings. The maximum absolute atomic E-state index is 12.8. The van der Waals surface area contributed by atoms with E-state index in [1.165, 1.54) is 12.1 Å². The SMILES string of the molecule is CCOC(=O)[C@@H]1CCCN([C@H](C)Cc2cccc(C(F)(F)F)c2)C1. The fourth-order valence-corrected chi connectivity index (χ4v) is 3.20. The number of benzene rings is 1. The fraction of sp³-hybridized carbons (Fsp3) is 0.611. The molecule has 1 heterocycles. The average molecular weight is 343 g/mol. The Morgan fingerprint density at radius 2 is 2.17 bits per heavy atom. The number of piperidine rings is 1. The third-order valence-electron chi connectivity index (χ3n) is 4.48. The summed E-state index contributed by atoms with van der Waals surface area (Å²) < 4.78 is 43.5. The lowest BCUT2D eigenvalue weighted by atomic mass is 9.95. The van der Waals surface area contributed by atoms with Crippen molar-refractivity contribution in [1.82, 2.24) is 4.90 Å². The van der Waals surface area contributed by atoms with Crippen molar-refractivity contribution in [3.8, 4) is 0 Å². The molecule has 0 unspecified atom stereocenters. The van der Waals surface area contributed by atoms with Gasteiger partial charge in [-0.25, -0.2) is 0 Å². The van der Waals surface area contributed by atoms with E-state index in [-0.39, 0.29) is 17.9 Å². The van der Waals surface area contributed by atoms with Crippen molar-refractivity contribution in [3.05, 3.63) is 35.4 Å². The van der Waals surface area contributed by atoms with Gasteiger partial charge < -0.3 is 4.74 Å². The van der Waals surface area contributed by atoms with Gasteiger partial charge in [0.25, 0.3) is 0 Å². The molecule has 1 aromatic carbocycles. The number of hydrogen-bond donors (Lipinski definition) is 0. The van der Waals surface area contributed by atoms with Crippen molar-refractivity contribution in [1.29, 1.82) is 0 Å². The van der Waals surface area contributed by atoms with Gasteiger partial charge in [-0.3, -0.25) is 9.69 Å². The summed E-state index contributed by atoms with van der Waals surface area (Å²) in [6.07, 6.45) is -2.08. The third-order valence-corrected chi connectivity index (χ3v) is 4.48. The number of alkyl halides is 3. The Morgan fingerprint density at radius 3 is 2.83 bits per heavy atom. The fourth-order valence-electron chi connectivity index (χ4n) is 3.20. The monoisotopic (exact) mass is 343 g/mol. The molecular weight excluding hydrogens is 319 g/mol. The number of carbonyl (C=O) groups is 1. The molecule has 0 saturated carbocycles. The van der Waals surface area contributed by atoms with Crippen LogP contribution in [0.3, 0.4) is 0 Å². The number of halogens is 3. The van der Waals surface area contributed by atoms with Gasteiger partial charge in [0.15, 0.2) is 0 Å². The molecule has 24 heavy (non-hydrogen) atoms. The maximum Gasteiger partial charge on any atom is 0.416 e. The van der Waals surface area contributed by atoms with Crippen molar-refractivity contribution in [3.63, 3.8) is 0 Å². The van der Waals surface area contributed by atoms with Crippen LogP contribution in [0.4, 0.5) is 13.2 Å². The van der Waals surface area contributed by atoms with Crippen molar-refractivity contribution in [2.45, 2.75) is 45.3 Å². The van der Waals surface area contributed by atoms with Crippen LogP contribution in [-0.4, -0.2) is 36.6 Å². The largest absolute Gasteiger partial charge is 0.466 e. The summed E-state index contributed by atoms with van der Waals surface area (Å²) in [5.74, 6) is -0.309. The van der Waals surface area contributed by atoms with Gasteiger partial charge in [-0.1, -0.05) is 18.2 Å². The second kappa shape index (κ2) is 8.01. The highest BCUT2D eigenvalue weighted by Crippen LogP contribution is 2.30. The van der Waals surface area contributed by atoms with Gasteiger partial charge in [-0.05, 0) is 51.3 Å². The Morgan fingerprint density at radius 1 is 1.42 bits per heavy atom. The molecule has 0 aromatic heterocycles. The third kappa shape index (κ3) is 4.97. The predicted octanol–water partition coefficient (Wildman–Crippen LogP) is 3.91. The van der Waals surface area contributed by atoms with Crippen molar-refractivity contribution in [2.75, 3.05) is 19.7 Å². The van der Waals surface area contributed by atoms with E-state index < -0.39 is 11.7 Å². The molecule has 6 heteroatoms. The normalized spacial score (nSPS) is 20.6. The van der Waals surface area contributed by atoms with E-state index in [1.807, 2.05) is 6.92 Å². The predicted molar refractivity (Wildman–Crippen MR) is 85.5 cm³/mol. The van der Waals surface area contributed by atoms with Gasteiger partial charge in [0.05, 0.1) is 18.1 Å². The van der Waals surface area contributed by atoms with Crippen LogP contribution in [0.2, 0.25) is 0 Å². The molecular formula is C18H24F3NO2. The highest BCUT2D eigenvalue weighted by molar-refractivity contribution is 5.72. The summed E-state index contributed by atoms with van der Waals surface area (Å²) >= 11 is 0. The first-order valence-corrected chi connectivity index (χ1v) is 8.38. The van der Waals surface area contributed by atoms with Crippen LogP contribution in [0, 0.1) is 5.92 Å². The van der Waals surface area contributed by atoms with E-state index in [0.29, 0.717) is 25.1 Å². The molecule has 0 bridgehead atoms. The lowest BCUT2D eigenvalue weighted by Crippen LogP contribution is -2.44. The highest BCUT2D eigenvalue weighted by Gasteiger charge is 2.31. The van der Waals surface area contributed by atoms with E-state index in [1.54, 1.807) is 13.0 Å². The average Bonchev–Trinajstić information content (AvgIpc) is 2.54. The van der Waals surface area contributed by atoms with Crippen LogP contribution in [0.5, 0.6) is 0 Å². The summed E-state index contributed by atoms with van der Waals surface area (Å²) in [5.41, 5.74) is 0.0471. The van der Waals surface area contributed by atoms with Crippen molar-refractivity contribution >= 4 is 5.97 Å². The molecule has 0 N–H and O–H groups in total. The van der Waals surface area contributed by atoms with Gasteiger partial charge in [0.2, 0.25) is 0 Å². The maximum atomic E-state index is 12.8. The van der Waals surface area contributed by atoms with Gasteiger partial charge in [0, 0.05) is 12.6 Å². The van der Waals surface area contributed by atoms with Crippen LogP contribution in [-0.2, 0) is 22.1 Å². The molecule has 0 spiro atoms. The summed E-state index contributed by atoms with van der Waals surface area (Å²) in [6.45, 7) is 5.62. The van der Waals surface area contributed by atoms with Gasteiger partial charge in [-0.2, -0.15) is 13.2 Å². The molecule has 2 atom stereocenters. The molecule has 0 radical (unpaired) electrons. The first-order valence-electron chi connectivity index (χ1n) is 8.38. The van der Waals surface area contributed by atoms with Gasteiger partial charge >= 0.3 is 12.1 Å². The lowest BCUT2D eigenvalue weighted by molar-refractivity contribution is -0.150. The minimum atomic E-state index is -4.32. The zero-order valence-corrected chi connectivity index (χ0v) is 14.1. The molecule has 1 saturated heterocycles. The number of esters is 1. The minimum absolute atomic E-state index is 0.0747. The minimum Gasteiger partial charge on any atom is -0.466 e. The standard InChI is InChI=1S/C18H24F3NO2/c1-3-24-17(23)15-7-5-9-22(12-15)13(2)10-14-6-4-8-16(11-14)18(19,20)21/h4,6,8,11,13,15H,3,5,7,9-10,12H2,1-2H3/t13-,15-/m1/s1. The summed E-state index contributed by atoms with van der Waals surface area (Å²) in [5, 5.41) is 0. The second-order valence-electron chi connectivity index (χ2n) is 6.34. The number of likely N-dealkylation sites (tertiary alicyclic amines) is 1. The first kappa shape index (κ1) is 18.8. The Labute approximate surface area is 140 Å². The molecule has 0 amide bonds. The first-order chi connectivity index (χ1) is 11.3. The van der Waals surface area contributed by atoms with Crippen LogP contribution in [0.25, 0.3) is 0 Å². The second-order valence-corrected chi connectivity index (χ2v) is 6.34. The van der Waals surface area contributed by atoms with E-state index in [2.05, 4.69) is 4.90 Å². The van der Waals surface area contributed by atoms with Crippen LogP contribution >= 0.6 is 0 Å². The molecule has 3 nitrogen and oxygen atoms in total. The zero-order chi connectivity index (χ0) is 17.7. The van der Waals surface area contributed by atoms with E-state index in [0.717, 1.165) is 25.5 Å². The zero-order valence-electron chi connectivity index (χ0n) is 14.1. The van der Waals surface area contributed by atoms with E-state index >= 15 is 0 Å². The van der Waals surface area contributed by atoms with Gasteiger partial charge in [-0.15, -0.1) is 0 Å². The van der Waals surface area contributed by atoms with Gasteiger partial charge in [0.1, 0.15) is 0 Å². The molecule has 1 fully saturated rings.